The Kier molecular flexibility index (Phi) is 5.67. The number of rotatable bonds is 6. The zero-order valence-electron chi connectivity index (χ0n) is 8.66. The molecule has 0 saturated carbocycles. The van der Waals surface area contributed by atoms with Crippen molar-refractivity contribution >= 4 is 29.0 Å². The Morgan fingerprint density at radius 1 is 1.73 bits per heavy atom. The third-order valence-corrected chi connectivity index (χ3v) is 3.26. The highest BCUT2D eigenvalue weighted by atomic mass is 32.2. The second-order valence-electron chi connectivity index (χ2n) is 2.91. The Bertz CT molecular complexity index is 314. The van der Waals surface area contributed by atoms with Gasteiger partial charge in [0.1, 0.15) is 5.69 Å². The molecule has 0 bridgehead atoms. The van der Waals surface area contributed by atoms with Gasteiger partial charge >= 0.3 is 0 Å². The summed E-state index contributed by atoms with van der Waals surface area (Å²) in [6.07, 6.45) is 2.75. The summed E-state index contributed by atoms with van der Waals surface area (Å²) in [7, 11) is 0. The smallest absolute Gasteiger partial charge is 0.270 e. The molecule has 1 aromatic rings. The van der Waals surface area contributed by atoms with Crippen molar-refractivity contribution < 1.29 is 4.79 Å². The van der Waals surface area contributed by atoms with Crippen LogP contribution in [0.25, 0.3) is 0 Å². The van der Waals surface area contributed by atoms with Gasteiger partial charge < -0.3 is 11.1 Å². The molecule has 0 aliphatic heterocycles. The number of nitrogens with zero attached hydrogens (tertiary/aromatic N) is 1. The van der Waals surface area contributed by atoms with E-state index in [2.05, 4.69) is 10.3 Å². The number of carbonyl (C=O) groups is 1. The molecule has 84 valence electrons. The molecule has 0 atom stereocenters. The minimum absolute atomic E-state index is 0.0939. The summed E-state index contributed by atoms with van der Waals surface area (Å²) in [5.41, 5.74) is 5.91. The highest BCUT2D eigenvalue weighted by molar-refractivity contribution is 7.98. The average Bonchev–Trinajstić information content (AvgIpc) is 2.67. The Morgan fingerprint density at radius 3 is 3.20 bits per heavy atom. The predicted octanol–water partition coefficient (Wildman–Crippen LogP) is 0.737. The zero-order chi connectivity index (χ0) is 11.1. The highest BCUT2D eigenvalue weighted by Gasteiger charge is 2.09. The van der Waals surface area contributed by atoms with Gasteiger partial charge in [0.25, 0.3) is 5.91 Å². The zero-order valence-corrected chi connectivity index (χ0v) is 10.3. The van der Waals surface area contributed by atoms with E-state index in [1.807, 2.05) is 6.26 Å². The monoisotopic (exact) mass is 245 g/mol. The molecule has 0 radical (unpaired) electrons. The topological polar surface area (TPSA) is 68.0 Å². The molecule has 1 aromatic heterocycles. The first-order chi connectivity index (χ1) is 7.27. The lowest BCUT2D eigenvalue weighted by molar-refractivity contribution is 0.0951. The number of thiazole rings is 1. The largest absolute Gasteiger partial charge is 0.350 e. The van der Waals surface area contributed by atoms with Crippen LogP contribution in [0.2, 0.25) is 0 Å². The fraction of sp³-hybridized carbons (Fsp3) is 0.556. The molecular formula is C9H15N3OS2. The third kappa shape index (κ3) is 4.19. The molecule has 6 heteroatoms. The van der Waals surface area contributed by atoms with Crippen LogP contribution >= 0.6 is 23.1 Å². The molecule has 4 nitrogen and oxygen atoms in total. The SMILES string of the molecule is CSCCNC(=O)c1csc(CCN)n1. The predicted molar refractivity (Wildman–Crippen MR) is 65.6 cm³/mol. The average molecular weight is 245 g/mol. The Balaban J connectivity index is 2.43. The molecule has 15 heavy (non-hydrogen) atoms. The maximum absolute atomic E-state index is 11.5. The first kappa shape index (κ1) is 12.5. The van der Waals surface area contributed by atoms with Gasteiger partial charge in [-0.15, -0.1) is 11.3 Å². The summed E-state index contributed by atoms with van der Waals surface area (Å²) in [6.45, 7) is 1.25. The molecular weight excluding hydrogens is 230 g/mol. The molecule has 0 saturated heterocycles. The van der Waals surface area contributed by atoms with E-state index in [1.165, 1.54) is 11.3 Å². The minimum atomic E-state index is -0.0939. The van der Waals surface area contributed by atoms with Crippen molar-refractivity contribution in [3.05, 3.63) is 16.1 Å². The summed E-state index contributed by atoms with van der Waals surface area (Å²) >= 11 is 3.19. The molecule has 1 amide bonds. The second kappa shape index (κ2) is 6.81. The number of aromatic nitrogens is 1. The Hall–Kier alpha value is -0.590. The van der Waals surface area contributed by atoms with Crippen molar-refractivity contribution in [1.82, 2.24) is 10.3 Å². The Morgan fingerprint density at radius 2 is 2.53 bits per heavy atom. The van der Waals surface area contributed by atoms with Gasteiger partial charge in [-0.3, -0.25) is 4.79 Å². The van der Waals surface area contributed by atoms with Crippen LogP contribution in [0.5, 0.6) is 0 Å². The number of hydrogen-bond donors (Lipinski definition) is 2. The lowest BCUT2D eigenvalue weighted by atomic mass is 10.4. The van der Waals surface area contributed by atoms with Gasteiger partial charge in [0.2, 0.25) is 0 Å². The molecule has 1 heterocycles. The molecule has 0 aromatic carbocycles. The van der Waals surface area contributed by atoms with E-state index in [9.17, 15) is 4.79 Å². The van der Waals surface area contributed by atoms with Crippen molar-refractivity contribution in [2.75, 3.05) is 25.1 Å². The number of nitrogens with two attached hydrogens (primary N) is 1. The first-order valence-corrected chi connectivity index (χ1v) is 6.97. The quantitative estimate of drug-likeness (QED) is 0.725. The number of carbonyl (C=O) groups excluding carboxylic acids is 1. The van der Waals surface area contributed by atoms with E-state index in [-0.39, 0.29) is 5.91 Å². The molecule has 0 aliphatic rings. The van der Waals surface area contributed by atoms with E-state index in [4.69, 9.17) is 5.73 Å². The van der Waals surface area contributed by atoms with Gasteiger partial charge in [0.15, 0.2) is 0 Å². The normalized spacial score (nSPS) is 10.3. The van der Waals surface area contributed by atoms with Crippen LogP contribution in [0.3, 0.4) is 0 Å². The maximum Gasteiger partial charge on any atom is 0.270 e. The maximum atomic E-state index is 11.5. The van der Waals surface area contributed by atoms with Crippen LogP contribution in [-0.4, -0.2) is 36.0 Å². The summed E-state index contributed by atoms with van der Waals surface area (Å²) in [4.78, 5) is 15.7. The molecule has 0 unspecified atom stereocenters. The van der Waals surface area contributed by atoms with Crippen molar-refractivity contribution in [3.8, 4) is 0 Å². The molecule has 3 N–H and O–H groups in total. The van der Waals surface area contributed by atoms with Crippen LogP contribution in [0.15, 0.2) is 5.38 Å². The van der Waals surface area contributed by atoms with E-state index in [1.54, 1.807) is 17.1 Å². The van der Waals surface area contributed by atoms with Gasteiger partial charge in [-0.2, -0.15) is 11.8 Å². The summed E-state index contributed by atoms with van der Waals surface area (Å²) in [5, 5.41) is 5.51. The van der Waals surface area contributed by atoms with Crippen LogP contribution in [0.4, 0.5) is 0 Å². The summed E-state index contributed by atoms with van der Waals surface area (Å²) in [5.74, 6) is 0.828. The number of amides is 1. The fourth-order valence-corrected chi connectivity index (χ4v) is 2.11. The van der Waals surface area contributed by atoms with Crippen LogP contribution in [0.1, 0.15) is 15.5 Å². The van der Waals surface area contributed by atoms with Gasteiger partial charge in [-0.05, 0) is 12.8 Å². The number of thioether (sulfide) groups is 1. The Labute approximate surface area is 97.7 Å². The van der Waals surface area contributed by atoms with Gasteiger partial charge in [-0.25, -0.2) is 4.98 Å². The molecule has 0 fully saturated rings. The third-order valence-electron chi connectivity index (χ3n) is 1.73. The van der Waals surface area contributed by atoms with E-state index in [0.29, 0.717) is 18.8 Å². The van der Waals surface area contributed by atoms with Gasteiger partial charge in [0.05, 0.1) is 5.01 Å². The van der Waals surface area contributed by atoms with Crippen LogP contribution in [-0.2, 0) is 6.42 Å². The van der Waals surface area contributed by atoms with Gasteiger partial charge in [-0.1, -0.05) is 0 Å². The van der Waals surface area contributed by atoms with E-state index >= 15 is 0 Å². The molecule has 0 spiro atoms. The summed E-state index contributed by atoms with van der Waals surface area (Å²) in [6, 6.07) is 0. The van der Waals surface area contributed by atoms with E-state index < -0.39 is 0 Å². The van der Waals surface area contributed by atoms with Crippen LogP contribution < -0.4 is 11.1 Å². The fourth-order valence-electron chi connectivity index (χ4n) is 1.01. The lowest BCUT2D eigenvalue weighted by Gasteiger charge is -2.00. The first-order valence-electron chi connectivity index (χ1n) is 4.69. The standard InChI is InChI=1S/C9H15N3OS2/c1-14-5-4-11-9(13)7-6-15-8(12-7)2-3-10/h6H,2-5,10H2,1H3,(H,11,13). The lowest BCUT2D eigenvalue weighted by Crippen LogP contribution is -2.26. The highest BCUT2D eigenvalue weighted by Crippen LogP contribution is 2.09. The molecule has 1 rings (SSSR count). The van der Waals surface area contributed by atoms with Crippen LogP contribution in [0, 0.1) is 0 Å². The van der Waals surface area contributed by atoms with E-state index in [0.717, 1.165) is 17.2 Å². The van der Waals surface area contributed by atoms with Crippen molar-refractivity contribution in [1.29, 1.82) is 0 Å². The second-order valence-corrected chi connectivity index (χ2v) is 4.84. The minimum Gasteiger partial charge on any atom is -0.350 e. The van der Waals surface area contributed by atoms with Crippen molar-refractivity contribution in [3.63, 3.8) is 0 Å². The number of nitrogens with one attached hydrogen (secondary N) is 1. The summed E-state index contributed by atoms with van der Waals surface area (Å²) < 4.78 is 0. The molecule has 0 aliphatic carbocycles. The number of hydrogen-bond acceptors (Lipinski definition) is 5. The van der Waals surface area contributed by atoms with Crippen molar-refractivity contribution in [2.45, 2.75) is 6.42 Å². The van der Waals surface area contributed by atoms with Gasteiger partial charge in [0, 0.05) is 24.1 Å². The van der Waals surface area contributed by atoms with Crippen molar-refractivity contribution in [2.24, 2.45) is 5.73 Å².